The Morgan fingerprint density at radius 2 is 1.79 bits per heavy atom. The van der Waals surface area contributed by atoms with Crippen molar-refractivity contribution >= 4 is 0 Å². The van der Waals surface area contributed by atoms with Crippen molar-refractivity contribution in [2.75, 3.05) is 0 Å². The van der Waals surface area contributed by atoms with E-state index in [0.717, 1.165) is 47.3 Å². The molecule has 0 nitrogen and oxygen atoms in total. The molecule has 0 N–H and O–H groups in total. The maximum atomic E-state index is 2.59. The van der Waals surface area contributed by atoms with E-state index in [0.29, 0.717) is 0 Å². The van der Waals surface area contributed by atoms with E-state index >= 15 is 0 Å². The van der Waals surface area contributed by atoms with Crippen molar-refractivity contribution in [1.29, 1.82) is 0 Å². The van der Waals surface area contributed by atoms with Crippen LogP contribution in [-0.4, -0.2) is 0 Å². The van der Waals surface area contributed by atoms with Crippen LogP contribution in [-0.2, 0) is 0 Å². The summed E-state index contributed by atoms with van der Waals surface area (Å²) in [4.78, 5) is 0. The molecule has 8 unspecified atom stereocenters. The molecular formula is C19H30. The third kappa shape index (κ3) is 1.78. The Hall–Kier alpha value is -0.260. The van der Waals surface area contributed by atoms with Crippen LogP contribution in [0.1, 0.15) is 58.8 Å². The summed E-state index contributed by atoms with van der Waals surface area (Å²) < 4.78 is 0. The van der Waals surface area contributed by atoms with Gasteiger partial charge in [-0.2, -0.15) is 0 Å². The van der Waals surface area contributed by atoms with Gasteiger partial charge in [0.25, 0.3) is 0 Å². The van der Waals surface area contributed by atoms with Gasteiger partial charge in [0, 0.05) is 0 Å². The van der Waals surface area contributed by atoms with Crippen molar-refractivity contribution in [3.8, 4) is 0 Å². The van der Waals surface area contributed by atoms with Crippen LogP contribution in [0, 0.1) is 47.3 Å². The van der Waals surface area contributed by atoms with Crippen molar-refractivity contribution in [2.24, 2.45) is 47.3 Å². The molecule has 19 heavy (non-hydrogen) atoms. The van der Waals surface area contributed by atoms with Gasteiger partial charge >= 0.3 is 0 Å². The minimum absolute atomic E-state index is 0.999. The summed E-state index contributed by atoms with van der Waals surface area (Å²) in [6, 6.07) is 0. The molecule has 4 bridgehead atoms. The second kappa shape index (κ2) is 4.64. The van der Waals surface area contributed by atoms with E-state index < -0.39 is 0 Å². The number of rotatable bonds is 5. The van der Waals surface area contributed by atoms with Crippen LogP contribution < -0.4 is 0 Å². The molecule has 3 fully saturated rings. The Kier molecular flexibility index (Phi) is 3.05. The first-order valence-corrected chi connectivity index (χ1v) is 9.00. The third-order valence-corrected chi connectivity index (χ3v) is 7.32. The van der Waals surface area contributed by atoms with Gasteiger partial charge in [0.15, 0.2) is 0 Å². The van der Waals surface area contributed by atoms with Crippen LogP contribution in [0.5, 0.6) is 0 Å². The van der Waals surface area contributed by atoms with Crippen LogP contribution >= 0.6 is 0 Å². The first-order valence-electron chi connectivity index (χ1n) is 9.00. The van der Waals surface area contributed by atoms with Gasteiger partial charge in [0.05, 0.1) is 0 Å². The van der Waals surface area contributed by atoms with Gasteiger partial charge in [-0.3, -0.25) is 0 Å². The first-order chi connectivity index (χ1) is 9.31. The number of allylic oxidation sites excluding steroid dienone is 2. The Morgan fingerprint density at radius 3 is 2.53 bits per heavy atom. The normalized spacial score (nSPS) is 50.9. The predicted octanol–water partition coefficient (Wildman–Crippen LogP) is 5.30. The highest BCUT2D eigenvalue weighted by molar-refractivity contribution is 5.20. The van der Waals surface area contributed by atoms with Gasteiger partial charge in [-0.1, -0.05) is 45.3 Å². The lowest BCUT2D eigenvalue weighted by Gasteiger charge is -2.38. The standard InChI is InChI=1S/C19H30/c1-3-5-12(4-2)8-15-10-16-11-17(15)19-14-7-6-13(9-14)18(16)19/h6-7,12-19H,3-5,8-11H2,1-2H3. The number of fused-ring (bicyclic) bond motifs is 9. The Labute approximate surface area is 119 Å². The van der Waals surface area contributed by atoms with Crippen molar-refractivity contribution in [3.63, 3.8) is 0 Å². The molecule has 0 amide bonds. The molecular weight excluding hydrogens is 228 g/mol. The maximum Gasteiger partial charge on any atom is -0.0194 e. The molecule has 4 aliphatic rings. The van der Waals surface area contributed by atoms with Crippen LogP contribution in [0.15, 0.2) is 12.2 Å². The Bertz CT molecular complexity index is 368. The molecule has 0 radical (unpaired) electrons. The van der Waals surface area contributed by atoms with E-state index in [1.165, 1.54) is 25.7 Å². The van der Waals surface area contributed by atoms with Gasteiger partial charge < -0.3 is 0 Å². The van der Waals surface area contributed by atoms with Crippen LogP contribution in [0.4, 0.5) is 0 Å². The molecule has 106 valence electrons. The summed E-state index contributed by atoms with van der Waals surface area (Å²) in [7, 11) is 0. The molecule has 0 heterocycles. The molecule has 4 aliphatic carbocycles. The summed E-state index contributed by atoms with van der Waals surface area (Å²) in [5.41, 5.74) is 0. The number of hydrogen-bond donors (Lipinski definition) is 0. The minimum atomic E-state index is 0.999. The zero-order chi connectivity index (χ0) is 13.0. The topological polar surface area (TPSA) is 0 Å². The molecule has 0 heteroatoms. The maximum absolute atomic E-state index is 2.59. The fourth-order valence-corrected chi connectivity index (χ4v) is 6.75. The van der Waals surface area contributed by atoms with Crippen LogP contribution in [0.3, 0.4) is 0 Å². The fourth-order valence-electron chi connectivity index (χ4n) is 6.75. The van der Waals surface area contributed by atoms with E-state index in [2.05, 4.69) is 26.0 Å². The largest absolute Gasteiger partial charge is 0.0848 e. The quantitative estimate of drug-likeness (QED) is 0.464. The summed E-state index contributed by atoms with van der Waals surface area (Å²) in [6.45, 7) is 4.77. The molecule has 0 saturated heterocycles. The average Bonchev–Trinajstić information content (AvgIpc) is 3.15. The SMILES string of the molecule is CCCC(CC)CC1CC2CC1C1C3C=CC(C3)C21. The van der Waals surface area contributed by atoms with E-state index in [4.69, 9.17) is 0 Å². The van der Waals surface area contributed by atoms with Gasteiger partial charge in [-0.05, 0) is 73.0 Å². The van der Waals surface area contributed by atoms with Gasteiger partial charge in [-0.25, -0.2) is 0 Å². The van der Waals surface area contributed by atoms with Crippen LogP contribution in [0.2, 0.25) is 0 Å². The lowest BCUT2D eigenvalue weighted by atomic mass is 9.67. The lowest BCUT2D eigenvalue weighted by molar-refractivity contribution is 0.129. The molecule has 0 aromatic rings. The summed E-state index contributed by atoms with van der Waals surface area (Å²) in [6.07, 6.45) is 15.8. The second-order valence-corrected chi connectivity index (χ2v) is 8.06. The monoisotopic (exact) mass is 258 g/mol. The Morgan fingerprint density at radius 1 is 1.00 bits per heavy atom. The fraction of sp³-hybridized carbons (Fsp3) is 0.895. The molecule has 0 aromatic carbocycles. The average molecular weight is 258 g/mol. The number of hydrogen-bond acceptors (Lipinski definition) is 0. The van der Waals surface area contributed by atoms with Crippen molar-refractivity contribution in [1.82, 2.24) is 0 Å². The van der Waals surface area contributed by atoms with Crippen LogP contribution in [0.25, 0.3) is 0 Å². The minimum Gasteiger partial charge on any atom is -0.0848 e. The third-order valence-electron chi connectivity index (χ3n) is 7.32. The highest BCUT2D eigenvalue weighted by Gasteiger charge is 2.60. The lowest BCUT2D eigenvalue weighted by Crippen LogP contribution is -2.31. The molecule has 8 atom stereocenters. The smallest absolute Gasteiger partial charge is 0.0194 e. The second-order valence-electron chi connectivity index (χ2n) is 8.06. The van der Waals surface area contributed by atoms with Gasteiger partial charge in [0.2, 0.25) is 0 Å². The molecule has 0 spiro atoms. The van der Waals surface area contributed by atoms with E-state index in [-0.39, 0.29) is 0 Å². The summed E-state index contributed by atoms with van der Waals surface area (Å²) in [5.74, 6) is 8.64. The summed E-state index contributed by atoms with van der Waals surface area (Å²) in [5, 5.41) is 0. The van der Waals surface area contributed by atoms with Crippen molar-refractivity contribution in [3.05, 3.63) is 12.2 Å². The predicted molar refractivity (Wildman–Crippen MR) is 80.7 cm³/mol. The van der Waals surface area contributed by atoms with Crippen molar-refractivity contribution in [2.45, 2.75) is 58.8 Å². The highest BCUT2D eigenvalue weighted by atomic mass is 14.6. The molecule has 4 rings (SSSR count). The van der Waals surface area contributed by atoms with E-state index in [9.17, 15) is 0 Å². The van der Waals surface area contributed by atoms with E-state index in [1.807, 2.05) is 0 Å². The molecule has 0 aliphatic heterocycles. The first kappa shape index (κ1) is 12.5. The van der Waals surface area contributed by atoms with Gasteiger partial charge in [-0.15, -0.1) is 0 Å². The molecule has 3 saturated carbocycles. The Balaban J connectivity index is 1.46. The van der Waals surface area contributed by atoms with Gasteiger partial charge in [0.1, 0.15) is 0 Å². The zero-order valence-electron chi connectivity index (χ0n) is 12.7. The van der Waals surface area contributed by atoms with Crippen molar-refractivity contribution < 1.29 is 0 Å². The highest BCUT2D eigenvalue weighted by Crippen LogP contribution is 2.67. The van der Waals surface area contributed by atoms with E-state index in [1.54, 1.807) is 19.3 Å². The summed E-state index contributed by atoms with van der Waals surface area (Å²) >= 11 is 0. The molecule has 0 aromatic heterocycles. The zero-order valence-corrected chi connectivity index (χ0v) is 12.7.